The molecule has 0 bridgehead atoms. The number of hydrazone groups is 1. The molecule has 5 nitrogen and oxygen atoms in total. The molecule has 0 fully saturated rings. The maximum absolute atomic E-state index is 6.00. The lowest BCUT2D eigenvalue weighted by atomic mass is 10.1. The van der Waals surface area contributed by atoms with Crippen molar-refractivity contribution >= 4 is 6.72 Å². The molecule has 0 heterocycles. The lowest BCUT2D eigenvalue weighted by Crippen LogP contribution is -2.14. The van der Waals surface area contributed by atoms with E-state index < -0.39 is 0 Å². The summed E-state index contributed by atoms with van der Waals surface area (Å²) >= 11 is 0. The van der Waals surface area contributed by atoms with Gasteiger partial charge < -0.3 is 5.73 Å². The van der Waals surface area contributed by atoms with Crippen molar-refractivity contribution < 1.29 is 0 Å². The SMILES string of the molecule is C=NN(/C=C(\N)CCCCCC)CCCC(C)C.CC.N=N. The molecule has 0 aromatic rings. The van der Waals surface area contributed by atoms with Gasteiger partial charge in [0.2, 0.25) is 0 Å². The van der Waals surface area contributed by atoms with E-state index >= 15 is 0 Å². The second-order valence-electron chi connectivity index (χ2n) is 5.36. The highest BCUT2D eigenvalue weighted by atomic mass is 15.4. The minimum absolute atomic E-state index is 0.743. The van der Waals surface area contributed by atoms with Crippen LogP contribution in [-0.2, 0) is 0 Å². The second-order valence-corrected chi connectivity index (χ2v) is 5.36. The summed E-state index contributed by atoms with van der Waals surface area (Å²) in [5.74, 6) is 0.743. The molecule has 0 aliphatic rings. The third kappa shape index (κ3) is 20.9. The van der Waals surface area contributed by atoms with Crippen LogP contribution in [0.3, 0.4) is 0 Å². The van der Waals surface area contributed by atoms with Crippen LogP contribution in [0.2, 0.25) is 0 Å². The van der Waals surface area contributed by atoms with Crippen LogP contribution in [-0.4, -0.2) is 18.3 Å². The molecule has 0 radical (unpaired) electrons. The molecular formula is C17H39N5. The molecule has 0 spiro atoms. The summed E-state index contributed by atoms with van der Waals surface area (Å²) in [5.41, 5.74) is 16.9. The zero-order chi connectivity index (χ0) is 17.8. The zero-order valence-electron chi connectivity index (χ0n) is 15.5. The number of nitrogens with two attached hydrogens (primary N) is 1. The number of hydrogen-bond donors (Lipinski definition) is 3. The van der Waals surface area contributed by atoms with E-state index in [9.17, 15) is 0 Å². The molecule has 0 atom stereocenters. The van der Waals surface area contributed by atoms with Crippen LogP contribution in [0.4, 0.5) is 0 Å². The van der Waals surface area contributed by atoms with Gasteiger partial charge in [0.05, 0.1) is 0 Å². The summed E-state index contributed by atoms with van der Waals surface area (Å²) in [5, 5.41) is 5.87. The van der Waals surface area contributed by atoms with E-state index in [0.717, 1.165) is 31.0 Å². The molecule has 0 aliphatic heterocycles. The van der Waals surface area contributed by atoms with E-state index in [-0.39, 0.29) is 0 Å². The molecule has 0 aromatic carbocycles. The highest BCUT2D eigenvalue weighted by molar-refractivity contribution is 5.23. The molecule has 0 aromatic heterocycles. The zero-order valence-corrected chi connectivity index (χ0v) is 15.5. The Morgan fingerprint density at radius 2 is 1.77 bits per heavy atom. The lowest BCUT2D eigenvalue weighted by molar-refractivity contribution is 0.369. The number of nitrogens with zero attached hydrogens (tertiary/aromatic N) is 2. The van der Waals surface area contributed by atoms with Crippen molar-refractivity contribution in [3.8, 4) is 0 Å². The van der Waals surface area contributed by atoms with Crippen molar-refractivity contribution in [1.82, 2.24) is 5.01 Å². The molecule has 0 saturated carbocycles. The van der Waals surface area contributed by atoms with Gasteiger partial charge in [-0.2, -0.15) is 5.10 Å². The molecule has 22 heavy (non-hydrogen) atoms. The summed E-state index contributed by atoms with van der Waals surface area (Å²) in [7, 11) is 0. The maximum atomic E-state index is 6.00. The number of hydrogen-bond acceptors (Lipinski definition) is 5. The summed E-state index contributed by atoms with van der Waals surface area (Å²) < 4.78 is 0. The first-order chi connectivity index (χ1) is 10.6. The molecule has 0 saturated heterocycles. The fourth-order valence-electron chi connectivity index (χ4n) is 1.85. The first-order valence-electron chi connectivity index (χ1n) is 8.54. The number of rotatable bonds is 11. The number of allylic oxidation sites excluding steroid dienone is 1. The summed E-state index contributed by atoms with van der Waals surface area (Å²) in [4.78, 5) is 0. The standard InChI is InChI=1S/C15H31N3.C2H6.H2N2/c1-5-6-7-8-11-15(16)13-18(17-4)12-9-10-14(2)3;2*1-2/h13-14H,4-12,16H2,1-3H3;1-2H3;1-2H/b15-13-;;. The Hall–Kier alpha value is -1.39. The first-order valence-corrected chi connectivity index (χ1v) is 8.54. The fourth-order valence-corrected chi connectivity index (χ4v) is 1.85. The molecule has 0 unspecified atom stereocenters. The Morgan fingerprint density at radius 3 is 2.23 bits per heavy atom. The van der Waals surface area contributed by atoms with Gasteiger partial charge in [-0.25, -0.2) is 11.1 Å². The van der Waals surface area contributed by atoms with Crippen LogP contribution < -0.4 is 5.73 Å². The average Bonchev–Trinajstić information content (AvgIpc) is 2.54. The molecule has 0 amide bonds. The van der Waals surface area contributed by atoms with Crippen molar-refractivity contribution in [2.45, 2.75) is 79.6 Å². The molecular weight excluding hydrogens is 274 g/mol. The minimum atomic E-state index is 0.743. The Bertz CT molecular complexity index is 251. The van der Waals surface area contributed by atoms with Crippen LogP contribution in [0.1, 0.15) is 79.6 Å². The van der Waals surface area contributed by atoms with Crippen molar-refractivity contribution in [3.63, 3.8) is 0 Å². The molecule has 4 N–H and O–H groups in total. The highest BCUT2D eigenvalue weighted by Gasteiger charge is 2.00. The van der Waals surface area contributed by atoms with E-state index in [1.54, 1.807) is 0 Å². The van der Waals surface area contributed by atoms with Crippen molar-refractivity contribution in [2.24, 2.45) is 16.8 Å². The molecule has 0 rings (SSSR count). The Labute approximate surface area is 138 Å². The predicted molar refractivity (Wildman–Crippen MR) is 98.1 cm³/mol. The topological polar surface area (TPSA) is 89.3 Å². The van der Waals surface area contributed by atoms with Crippen LogP contribution in [0, 0.1) is 17.0 Å². The van der Waals surface area contributed by atoms with Gasteiger partial charge in [-0.05, 0) is 31.6 Å². The third-order valence-corrected chi connectivity index (χ3v) is 2.98. The van der Waals surface area contributed by atoms with Gasteiger partial charge in [0.25, 0.3) is 0 Å². The maximum Gasteiger partial charge on any atom is 0.0419 e. The molecule has 0 aliphatic carbocycles. The van der Waals surface area contributed by atoms with Crippen LogP contribution in [0.25, 0.3) is 0 Å². The van der Waals surface area contributed by atoms with Gasteiger partial charge >= 0.3 is 0 Å². The average molecular weight is 314 g/mol. The van der Waals surface area contributed by atoms with Gasteiger partial charge in [-0.1, -0.05) is 53.9 Å². The first kappa shape index (κ1) is 25.6. The lowest BCUT2D eigenvalue weighted by Gasteiger charge is -2.15. The number of unbranched alkanes of at least 4 members (excludes halogenated alkanes) is 3. The fraction of sp³-hybridized carbons (Fsp3) is 0.824. The summed E-state index contributed by atoms with van der Waals surface area (Å²) in [6, 6.07) is 0. The predicted octanol–water partition coefficient (Wildman–Crippen LogP) is 5.73. The Morgan fingerprint density at radius 1 is 1.18 bits per heavy atom. The van der Waals surface area contributed by atoms with Gasteiger partial charge in [-0.15, -0.1) is 0 Å². The smallest absolute Gasteiger partial charge is 0.0419 e. The van der Waals surface area contributed by atoms with E-state index in [2.05, 4.69) is 32.6 Å². The monoisotopic (exact) mass is 313 g/mol. The van der Waals surface area contributed by atoms with Gasteiger partial charge in [0, 0.05) is 25.2 Å². The summed E-state index contributed by atoms with van der Waals surface area (Å²) in [6.45, 7) is 15.2. The summed E-state index contributed by atoms with van der Waals surface area (Å²) in [6.07, 6.45) is 10.3. The number of nitrogens with one attached hydrogen (secondary N) is 2. The normalized spacial score (nSPS) is 10.2. The van der Waals surface area contributed by atoms with Gasteiger partial charge in [-0.3, -0.25) is 5.01 Å². The second kappa shape index (κ2) is 21.9. The van der Waals surface area contributed by atoms with Crippen molar-refractivity contribution in [2.75, 3.05) is 6.54 Å². The Kier molecular flexibility index (Phi) is 25.4. The van der Waals surface area contributed by atoms with Crippen LogP contribution in [0.15, 0.2) is 17.0 Å². The van der Waals surface area contributed by atoms with E-state index in [1.807, 2.05) is 25.1 Å². The van der Waals surface area contributed by atoms with Gasteiger partial charge in [0.1, 0.15) is 0 Å². The third-order valence-electron chi connectivity index (χ3n) is 2.98. The van der Waals surface area contributed by atoms with E-state index in [0.29, 0.717) is 0 Å². The van der Waals surface area contributed by atoms with E-state index in [1.165, 1.54) is 32.1 Å². The van der Waals surface area contributed by atoms with Gasteiger partial charge in [0.15, 0.2) is 0 Å². The largest absolute Gasteiger partial charge is 0.401 e. The van der Waals surface area contributed by atoms with Crippen LogP contribution in [0.5, 0.6) is 0 Å². The Balaban J connectivity index is -0.000000826. The molecule has 132 valence electrons. The van der Waals surface area contributed by atoms with Crippen molar-refractivity contribution in [3.05, 3.63) is 11.9 Å². The van der Waals surface area contributed by atoms with Crippen LogP contribution >= 0.6 is 0 Å². The minimum Gasteiger partial charge on any atom is -0.401 e. The quantitative estimate of drug-likeness (QED) is 0.197. The molecule has 5 heteroatoms. The van der Waals surface area contributed by atoms with Crippen molar-refractivity contribution in [1.29, 1.82) is 11.1 Å². The highest BCUT2D eigenvalue weighted by Crippen LogP contribution is 2.09. The van der Waals surface area contributed by atoms with E-state index in [4.69, 9.17) is 16.8 Å².